The van der Waals surface area contributed by atoms with E-state index in [0.717, 1.165) is 26.1 Å². The molecule has 2 saturated heterocycles. The molecule has 2 heterocycles. The molecule has 1 unspecified atom stereocenters. The summed E-state index contributed by atoms with van der Waals surface area (Å²) in [7, 11) is 0. The molecule has 2 fully saturated rings. The average molecular weight is 250 g/mol. The highest BCUT2D eigenvalue weighted by molar-refractivity contribution is 4.84. The first-order valence-corrected chi connectivity index (χ1v) is 6.58. The van der Waals surface area contributed by atoms with Crippen LogP contribution >= 0.6 is 0 Å². The van der Waals surface area contributed by atoms with Crippen LogP contribution in [0.4, 0.5) is 13.2 Å². The van der Waals surface area contributed by atoms with Gasteiger partial charge in [0, 0.05) is 19.0 Å². The molecule has 0 aromatic carbocycles. The van der Waals surface area contributed by atoms with Gasteiger partial charge in [0.15, 0.2) is 0 Å². The van der Waals surface area contributed by atoms with E-state index < -0.39 is 12.6 Å². The number of alkyl halides is 3. The van der Waals surface area contributed by atoms with Gasteiger partial charge in [0.05, 0.1) is 0 Å². The molecule has 1 atom stereocenters. The van der Waals surface area contributed by atoms with E-state index in [-0.39, 0.29) is 6.42 Å². The van der Waals surface area contributed by atoms with E-state index in [9.17, 15) is 13.2 Å². The van der Waals surface area contributed by atoms with Crippen LogP contribution in [0.3, 0.4) is 0 Å². The van der Waals surface area contributed by atoms with Crippen molar-refractivity contribution >= 4 is 0 Å². The summed E-state index contributed by atoms with van der Waals surface area (Å²) in [5.41, 5.74) is 0. The monoisotopic (exact) mass is 250 g/mol. The zero-order valence-corrected chi connectivity index (χ0v) is 10.2. The largest absolute Gasteiger partial charge is 0.389 e. The first kappa shape index (κ1) is 13.1. The van der Waals surface area contributed by atoms with Crippen LogP contribution in [0.15, 0.2) is 0 Å². The maximum atomic E-state index is 12.1. The minimum absolute atomic E-state index is 0.246. The number of hydrogen-bond acceptors (Lipinski definition) is 2. The van der Waals surface area contributed by atoms with E-state index in [1.165, 1.54) is 19.4 Å². The van der Waals surface area contributed by atoms with Gasteiger partial charge in [-0.05, 0) is 51.9 Å². The molecule has 17 heavy (non-hydrogen) atoms. The van der Waals surface area contributed by atoms with Crippen molar-refractivity contribution in [2.75, 3.05) is 32.7 Å². The highest BCUT2D eigenvalue weighted by Crippen LogP contribution is 2.24. The Morgan fingerprint density at radius 3 is 2.59 bits per heavy atom. The Morgan fingerprint density at radius 2 is 1.82 bits per heavy atom. The first-order valence-electron chi connectivity index (χ1n) is 6.58. The standard InChI is InChI=1S/C12H21F3N2/c13-12(14,15)5-2-6-16-7-3-9-17-8-1-4-11(17)10-16/h11H,1-10H2. The van der Waals surface area contributed by atoms with Crippen LogP contribution in [-0.2, 0) is 0 Å². The molecule has 100 valence electrons. The number of halogens is 3. The maximum absolute atomic E-state index is 12.1. The summed E-state index contributed by atoms with van der Waals surface area (Å²) in [6, 6.07) is 0.600. The third kappa shape index (κ3) is 4.14. The van der Waals surface area contributed by atoms with Crippen molar-refractivity contribution in [3.05, 3.63) is 0 Å². The van der Waals surface area contributed by atoms with Gasteiger partial charge in [0.25, 0.3) is 0 Å². The third-order valence-electron chi connectivity index (χ3n) is 3.82. The van der Waals surface area contributed by atoms with Crippen LogP contribution in [0.25, 0.3) is 0 Å². The Morgan fingerprint density at radius 1 is 1.06 bits per heavy atom. The Balaban J connectivity index is 1.73. The van der Waals surface area contributed by atoms with Crippen LogP contribution < -0.4 is 0 Å². The quantitative estimate of drug-likeness (QED) is 0.759. The van der Waals surface area contributed by atoms with E-state index >= 15 is 0 Å². The lowest BCUT2D eigenvalue weighted by molar-refractivity contribution is -0.136. The molecule has 5 heteroatoms. The topological polar surface area (TPSA) is 6.48 Å². The summed E-state index contributed by atoms with van der Waals surface area (Å²) in [5.74, 6) is 0. The first-order chi connectivity index (χ1) is 8.04. The Hall–Kier alpha value is -0.290. The van der Waals surface area contributed by atoms with Gasteiger partial charge >= 0.3 is 6.18 Å². The van der Waals surface area contributed by atoms with E-state index in [2.05, 4.69) is 9.80 Å². The molecule has 0 spiro atoms. The van der Waals surface area contributed by atoms with Gasteiger partial charge in [-0.1, -0.05) is 0 Å². The fourth-order valence-electron chi connectivity index (χ4n) is 2.99. The Labute approximate surface area is 101 Å². The van der Waals surface area contributed by atoms with Crippen molar-refractivity contribution in [1.82, 2.24) is 9.80 Å². The summed E-state index contributed by atoms with van der Waals surface area (Å²) in [6.45, 7) is 4.84. The van der Waals surface area contributed by atoms with Crippen molar-refractivity contribution in [1.29, 1.82) is 0 Å². The lowest BCUT2D eigenvalue weighted by Gasteiger charge is -2.25. The predicted octanol–water partition coefficient (Wildman–Crippen LogP) is 2.50. The molecule has 0 bridgehead atoms. The number of nitrogens with zero attached hydrogens (tertiary/aromatic N) is 2. The second kappa shape index (κ2) is 5.57. The van der Waals surface area contributed by atoms with Crippen molar-refractivity contribution in [3.63, 3.8) is 0 Å². The molecule has 2 nitrogen and oxygen atoms in total. The fourth-order valence-corrected chi connectivity index (χ4v) is 2.99. The van der Waals surface area contributed by atoms with Gasteiger partial charge < -0.3 is 4.90 Å². The second-order valence-electron chi connectivity index (χ2n) is 5.20. The summed E-state index contributed by atoms with van der Waals surface area (Å²) in [4.78, 5) is 4.73. The normalized spacial score (nSPS) is 28.1. The van der Waals surface area contributed by atoms with E-state index in [1.807, 2.05) is 0 Å². The molecule has 0 N–H and O–H groups in total. The molecule has 0 saturated carbocycles. The van der Waals surface area contributed by atoms with Crippen LogP contribution in [0.1, 0.15) is 32.1 Å². The zero-order valence-electron chi connectivity index (χ0n) is 10.2. The molecule has 0 aliphatic carbocycles. The Bertz CT molecular complexity index is 242. The summed E-state index contributed by atoms with van der Waals surface area (Å²) in [6.07, 6.45) is -0.821. The van der Waals surface area contributed by atoms with E-state index in [0.29, 0.717) is 12.6 Å². The van der Waals surface area contributed by atoms with Crippen molar-refractivity contribution < 1.29 is 13.2 Å². The molecular formula is C12H21F3N2. The molecule has 2 rings (SSSR count). The van der Waals surface area contributed by atoms with Crippen LogP contribution in [-0.4, -0.2) is 54.7 Å². The highest BCUT2D eigenvalue weighted by Gasteiger charge is 2.30. The molecule has 0 aromatic heterocycles. The number of rotatable bonds is 3. The molecule has 2 aliphatic rings. The van der Waals surface area contributed by atoms with E-state index in [1.54, 1.807) is 0 Å². The zero-order chi connectivity index (χ0) is 12.3. The minimum Gasteiger partial charge on any atom is -0.302 e. The molecule has 0 aromatic rings. The van der Waals surface area contributed by atoms with Crippen molar-refractivity contribution in [3.8, 4) is 0 Å². The molecular weight excluding hydrogens is 229 g/mol. The molecule has 0 radical (unpaired) electrons. The van der Waals surface area contributed by atoms with Gasteiger partial charge in [-0.15, -0.1) is 0 Å². The Kier molecular flexibility index (Phi) is 4.31. The predicted molar refractivity (Wildman–Crippen MR) is 60.9 cm³/mol. The number of hydrogen-bond donors (Lipinski definition) is 0. The third-order valence-corrected chi connectivity index (χ3v) is 3.82. The smallest absolute Gasteiger partial charge is 0.302 e. The van der Waals surface area contributed by atoms with Crippen molar-refractivity contribution in [2.24, 2.45) is 0 Å². The molecule has 2 aliphatic heterocycles. The average Bonchev–Trinajstić information content (AvgIpc) is 2.56. The highest BCUT2D eigenvalue weighted by atomic mass is 19.4. The van der Waals surface area contributed by atoms with Crippen LogP contribution in [0.2, 0.25) is 0 Å². The fraction of sp³-hybridized carbons (Fsp3) is 1.00. The maximum Gasteiger partial charge on any atom is 0.389 e. The molecule has 0 amide bonds. The second-order valence-corrected chi connectivity index (χ2v) is 5.20. The van der Waals surface area contributed by atoms with Gasteiger partial charge in [-0.25, -0.2) is 0 Å². The lowest BCUT2D eigenvalue weighted by atomic mass is 10.2. The summed E-state index contributed by atoms with van der Waals surface area (Å²) < 4.78 is 36.2. The van der Waals surface area contributed by atoms with Gasteiger partial charge in [0.2, 0.25) is 0 Å². The van der Waals surface area contributed by atoms with Crippen LogP contribution in [0.5, 0.6) is 0 Å². The summed E-state index contributed by atoms with van der Waals surface area (Å²) in [5, 5.41) is 0. The van der Waals surface area contributed by atoms with Gasteiger partial charge in [0.1, 0.15) is 0 Å². The minimum atomic E-state index is -3.99. The SMILES string of the molecule is FC(F)(F)CCCN1CCCN2CCCC2C1. The van der Waals surface area contributed by atoms with Gasteiger partial charge in [-0.2, -0.15) is 13.2 Å². The van der Waals surface area contributed by atoms with E-state index in [4.69, 9.17) is 0 Å². The lowest BCUT2D eigenvalue weighted by Crippen LogP contribution is -2.37. The van der Waals surface area contributed by atoms with Gasteiger partial charge in [-0.3, -0.25) is 4.90 Å². The van der Waals surface area contributed by atoms with Crippen LogP contribution in [0, 0.1) is 0 Å². The number of fused-ring (bicyclic) bond motifs is 1. The van der Waals surface area contributed by atoms with Crippen molar-refractivity contribution in [2.45, 2.75) is 44.3 Å². The summed E-state index contributed by atoms with van der Waals surface area (Å²) >= 11 is 0.